The van der Waals surface area contributed by atoms with Crippen LogP contribution in [0.25, 0.3) is 0 Å². The van der Waals surface area contributed by atoms with E-state index in [0.29, 0.717) is 6.54 Å². The number of nitrogens with one attached hydrogen (secondary N) is 1. The summed E-state index contributed by atoms with van der Waals surface area (Å²) in [4.78, 5) is 0. The van der Waals surface area contributed by atoms with Gasteiger partial charge in [0.05, 0.1) is 6.17 Å². The monoisotopic (exact) mass is 117 g/mol. The van der Waals surface area contributed by atoms with E-state index in [0.717, 1.165) is 13.0 Å². The normalized spacial score (nSPS) is 13.9. The first-order valence-electron chi connectivity index (χ1n) is 3.00. The van der Waals surface area contributed by atoms with Crippen LogP contribution in [0.1, 0.15) is 13.3 Å². The minimum absolute atomic E-state index is 0.124. The molecule has 0 saturated carbocycles. The molecule has 0 aromatic rings. The predicted molar refractivity (Wildman–Crippen MR) is 35.3 cm³/mol. The van der Waals surface area contributed by atoms with Crippen molar-refractivity contribution in [3.63, 3.8) is 0 Å². The number of rotatable bonds is 4. The second kappa shape index (κ2) is 5.03. The Kier molecular flexibility index (Phi) is 4.95. The van der Waals surface area contributed by atoms with Crippen molar-refractivity contribution in [2.75, 3.05) is 13.1 Å². The molecule has 1 unspecified atom stereocenters. The lowest BCUT2D eigenvalue weighted by Gasteiger charge is -2.08. The molecule has 0 bridgehead atoms. The Bertz CT molecular complexity index is 46.9. The van der Waals surface area contributed by atoms with Crippen molar-refractivity contribution in [2.24, 2.45) is 11.5 Å². The summed E-state index contributed by atoms with van der Waals surface area (Å²) in [6, 6.07) is 0. The van der Waals surface area contributed by atoms with Crippen molar-refractivity contribution in [1.82, 2.24) is 5.32 Å². The van der Waals surface area contributed by atoms with Gasteiger partial charge in [0.15, 0.2) is 0 Å². The zero-order valence-corrected chi connectivity index (χ0v) is 5.35. The smallest absolute Gasteiger partial charge is 0.0544 e. The molecule has 5 N–H and O–H groups in total. The summed E-state index contributed by atoms with van der Waals surface area (Å²) in [5, 5.41) is 3.03. The lowest BCUT2D eigenvalue weighted by atomic mass is 10.4. The van der Waals surface area contributed by atoms with Gasteiger partial charge in [0.25, 0.3) is 0 Å². The summed E-state index contributed by atoms with van der Waals surface area (Å²) in [5.41, 5.74) is 10.7. The topological polar surface area (TPSA) is 64.1 Å². The Morgan fingerprint density at radius 1 is 1.62 bits per heavy atom. The Hall–Kier alpha value is -0.120. The molecule has 3 nitrogen and oxygen atoms in total. The van der Waals surface area contributed by atoms with Crippen molar-refractivity contribution in [1.29, 1.82) is 0 Å². The van der Waals surface area contributed by atoms with Gasteiger partial charge < -0.3 is 16.8 Å². The predicted octanol–water partition coefficient (Wildman–Crippen LogP) is -0.770. The van der Waals surface area contributed by atoms with Crippen LogP contribution in [-0.4, -0.2) is 19.3 Å². The standard InChI is InChI=1S/C5H15N3/c1-2-5(7)8-4-3-6/h5,8H,2-4,6-7H2,1H3. The molecule has 0 aliphatic rings. The van der Waals surface area contributed by atoms with Gasteiger partial charge in [-0.15, -0.1) is 0 Å². The minimum Gasteiger partial charge on any atom is -0.329 e. The van der Waals surface area contributed by atoms with E-state index < -0.39 is 0 Å². The van der Waals surface area contributed by atoms with Gasteiger partial charge >= 0.3 is 0 Å². The van der Waals surface area contributed by atoms with Crippen LogP contribution in [0.2, 0.25) is 0 Å². The maximum absolute atomic E-state index is 5.49. The molecule has 0 spiro atoms. The molecule has 0 aromatic heterocycles. The highest BCUT2D eigenvalue weighted by atomic mass is 15.0. The highest BCUT2D eigenvalue weighted by Gasteiger charge is 1.92. The van der Waals surface area contributed by atoms with Gasteiger partial charge in [-0.3, -0.25) is 0 Å². The second-order valence-electron chi connectivity index (χ2n) is 1.76. The van der Waals surface area contributed by atoms with Crippen LogP contribution >= 0.6 is 0 Å². The molecule has 50 valence electrons. The summed E-state index contributed by atoms with van der Waals surface area (Å²) in [5.74, 6) is 0. The summed E-state index contributed by atoms with van der Waals surface area (Å²) in [6.07, 6.45) is 1.08. The molecule has 0 radical (unpaired) electrons. The lowest BCUT2D eigenvalue weighted by Crippen LogP contribution is -2.39. The fourth-order valence-corrected chi connectivity index (χ4v) is 0.413. The lowest BCUT2D eigenvalue weighted by molar-refractivity contribution is 0.521. The SMILES string of the molecule is CCC(N)NCCN. The molecule has 0 saturated heterocycles. The second-order valence-corrected chi connectivity index (χ2v) is 1.76. The summed E-state index contributed by atoms with van der Waals surface area (Å²) >= 11 is 0. The Morgan fingerprint density at radius 2 is 2.25 bits per heavy atom. The van der Waals surface area contributed by atoms with Gasteiger partial charge in [0.2, 0.25) is 0 Å². The molecular weight excluding hydrogens is 102 g/mol. The van der Waals surface area contributed by atoms with Crippen molar-refractivity contribution in [2.45, 2.75) is 19.5 Å². The van der Waals surface area contributed by atoms with E-state index in [2.05, 4.69) is 5.32 Å². The number of hydrogen-bond acceptors (Lipinski definition) is 3. The highest BCUT2D eigenvalue weighted by Crippen LogP contribution is 1.76. The van der Waals surface area contributed by atoms with Crippen molar-refractivity contribution in [3.8, 4) is 0 Å². The number of hydrogen-bond donors (Lipinski definition) is 3. The molecule has 8 heavy (non-hydrogen) atoms. The van der Waals surface area contributed by atoms with Crippen LogP contribution in [0, 0.1) is 0 Å². The zero-order valence-electron chi connectivity index (χ0n) is 5.35. The van der Waals surface area contributed by atoms with Crippen molar-refractivity contribution in [3.05, 3.63) is 0 Å². The minimum atomic E-state index is 0.124. The molecule has 0 fully saturated rings. The van der Waals surface area contributed by atoms with Crippen LogP contribution < -0.4 is 16.8 Å². The van der Waals surface area contributed by atoms with E-state index in [-0.39, 0.29) is 6.17 Å². The third-order valence-electron chi connectivity index (χ3n) is 0.991. The Labute approximate surface area is 50.4 Å². The zero-order chi connectivity index (χ0) is 6.41. The van der Waals surface area contributed by atoms with Gasteiger partial charge in [-0.2, -0.15) is 0 Å². The largest absolute Gasteiger partial charge is 0.329 e. The van der Waals surface area contributed by atoms with E-state index in [1.54, 1.807) is 0 Å². The Morgan fingerprint density at radius 3 is 2.62 bits per heavy atom. The maximum Gasteiger partial charge on any atom is 0.0544 e. The third-order valence-corrected chi connectivity index (χ3v) is 0.991. The van der Waals surface area contributed by atoms with Crippen LogP contribution in [0.3, 0.4) is 0 Å². The molecule has 0 aromatic carbocycles. The first-order valence-corrected chi connectivity index (χ1v) is 3.00. The van der Waals surface area contributed by atoms with E-state index in [9.17, 15) is 0 Å². The van der Waals surface area contributed by atoms with E-state index in [1.165, 1.54) is 0 Å². The van der Waals surface area contributed by atoms with E-state index in [4.69, 9.17) is 11.5 Å². The van der Waals surface area contributed by atoms with Crippen LogP contribution in [0.5, 0.6) is 0 Å². The van der Waals surface area contributed by atoms with E-state index in [1.807, 2.05) is 6.92 Å². The molecule has 0 heterocycles. The molecular formula is C5H15N3. The van der Waals surface area contributed by atoms with Gasteiger partial charge in [-0.25, -0.2) is 0 Å². The van der Waals surface area contributed by atoms with Gasteiger partial charge in [0.1, 0.15) is 0 Å². The molecule has 0 aliphatic carbocycles. The quantitative estimate of drug-likeness (QED) is 0.424. The first-order chi connectivity index (χ1) is 3.81. The van der Waals surface area contributed by atoms with Gasteiger partial charge in [0, 0.05) is 13.1 Å². The van der Waals surface area contributed by atoms with Gasteiger partial charge in [-0.05, 0) is 6.42 Å². The summed E-state index contributed by atoms with van der Waals surface area (Å²) in [7, 11) is 0. The van der Waals surface area contributed by atoms with Gasteiger partial charge in [-0.1, -0.05) is 6.92 Å². The molecule has 1 atom stereocenters. The molecule has 0 rings (SSSR count). The fourth-order valence-electron chi connectivity index (χ4n) is 0.413. The van der Waals surface area contributed by atoms with E-state index >= 15 is 0 Å². The van der Waals surface area contributed by atoms with Crippen molar-refractivity contribution < 1.29 is 0 Å². The fraction of sp³-hybridized carbons (Fsp3) is 1.00. The molecule has 0 amide bonds. The average Bonchev–Trinajstić information content (AvgIpc) is 1.83. The van der Waals surface area contributed by atoms with Crippen molar-refractivity contribution >= 4 is 0 Å². The molecule has 3 heteroatoms. The summed E-state index contributed by atoms with van der Waals surface area (Å²) < 4.78 is 0. The van der Waals surface area contributed by atoms with Crippen LogP contribution in [-0.2, 0) is 0 Å². The highest BCUT2D eigenvalue weighted by molar-refractivity contribution is 4.54. The third kappa shape index (κ3) is 4.05. The molecule has 0 aliphatic heterocycles. The Balaban J connectivity index is 2.86. The maximum atomic E-state index is 5.49. The summed E-state index contributed by atoms with van der Waals surface area (Å²) in [6.45, 7) is 3.51. The average molecular weight is 117 g/mol. The number of nitrogens with two attached hydrogens (primary N) is 2. The van der Waals surface area contributed by atoms with Crippen LogP contribution in [0.4, 0.5) is 0 Å². The first kappa shape index (κ1) is 7.88. The van der Waals surface area contributed by atoms with Crippen LogP contribution in [0.15, 0.2) is 0 Å².